The van der Waals surface area contributed by atoms with Crippen molar-refractivity contribution >= 4 is 0 Å². The molecule has 144 valence electrons. The first-order valence-electron chi connectivity index (χ1n) is 11.9. The molecule has 4 aliphatic carbocycles. The van der Waals surface area contributed by atoms with Crippen LogP contribution < -0.4 is 0 Å². The molecule has 4 unspecified atom stereocenters. The average Bonchev–Trinajstić information content (AvgIpc) is 2.97. The fourth-order valence-electron chi connectivity index (χ4n) is 7.50. The third-order valence-electron chi connectivity index (χ3n) is 8.83. The highest BCUT2D eigenvalue weighted by Gasteiger charge is 2.51. The molecule has 4 atom stereocenters. The van der Waals surface area contributed by atoms with Crippen molar-refractivity contribution in [1.29, 1.82) is 0 Å². The molecule has 0 radical (unpaired) electrons. The Balaban J connectivity index is 1.26. The Hall–Kier alpha value is -0.720. The summed E-state index contributed by atoms with van der Waals surface area (Å²) in [5.41, 5.74) is 3.41. The van der Waals surface area contributed by atoms with Gasteiger partial charge in [-0.05, 0) is 68.1 Å². The third kappa shape index (κ3) is 3.18. The molecular formula is C25H39N. The first-order chi connectivity index (χ1) is 12.8. The molecule has 1 heteroatoms. The monoisotopic (exact) mass is 353 g/mol. The molecule has 0 aromatic carbocycles. The predicted molar refractivity (Wildman–Crippen MR) is 110 cm³/mol. The molecule has 1 saturated heterocycles. The van der Waals surface area contributed by atoms with Crippen LogP contribution in [-0.2, 0) is 0 Å². The Morgan fingerprint density at radius 1 is 0.923 bits per heavy atom. The molecular weight excluding hydrogens is 314 g/mol. The minimum atomic E-state index is 0.798. The van der Waals surface area contributed by atoms with E-state index in [1.165, 1.54) is 102 Å². The molecule has 2 bridgehead atoms. The van der Waals surface area contributed by atoms with Crippen LogP contribution in [0.15, 0.2) is 23.9 Å². The fraction of sp³-hybridized carbons (Fsp3) is 0.840. The Labute approximate surface area is 161 Å². The molecule has 0 N–H and O–H groups in total. The average molecular weight is 354 g/mol. The van der Waals surface area contributed by atoms with Crippen molar-refractivity contribution < 1.29 is 0 Å². The van der Waals surface area contributed by atoms with Crippen LogP contribution >= 0.6 is 0 Å². The maximum absolute atomic E-state index is 4.66. The molecule has 5 aliphatic rings. The second-order valence-corrected chi connectivity index (χ2v) is 10.4. The van der Waals surface area contributed by atoms with Crippen LogP contribution in [0.2, 0.25) is 0 Å². The number of likely N-dealkylation sites (tertiary alicyclic amines) is 1. The zero-order valence-electron chi connectivity index (χ0n) is 16.8. The highest BCUT2D eigenvalue weighted by Crippen LogP contribution is 2.57. The zero-order chi connectivity index (χ0) is 17.5. The van der Waals surface area contributed by atoms with Crippen molar-refractivity contribution in [2.75, 3.05) is 13.1 Å². The van der Waals surface area contributed by atoms with Crippen molar-refractivity contribution in [2.24, 2.45) is 35.5 Å². The Kier molecular flexibility index (Phi) is 4.92. The van der Waals surface area contributed by atoms with E-state index in [1.54, 1.807) is 0 Å². The Morgan fingerprint density at radius 3 is 2.38 bits per heavy atom. The smallest absolute Gasteiger partial charge is 0.0212 e. The van der Waals surface area contributed by atoms with E-state index in [0.29, 0.717) is 0 Å². The summed E-state index contributed by atoms with van der Waals surface area (Å²) in [6.45, 7) is 7.33. The van der Waals surface area contributed by atoms with Gasteiger partial charge in [0.05, 0.1) is 0 Å². The largest absolute Gasteiger partial charge is 0.374 e. The van der Waals surface area contributed by atoms with E-state index in [-0.39, 0.29) is 0 Å². The van der Waals surface area contributed by atoms with Crippen molar-refractivity contribution in [3.63, 3.8) is 0 Å². The standard InChI is InChI=1S/C25H39N/c1-18-25-23-14-21(20-11-7-4-8-12-20)13-22(15-23)24(25)17-26(18)16-19-9-5-2-3-6-10-19/h14,19-20,22-25H,1-13,15-17H2. The molecule has 0 spiro atoms. The molecule has 5 rings (SSSR count). The lowest BCUT2D eigenvalue weighted by Gasteiger charge is -2.33. The lowest BCUT2D eigenvalue weighted by atomic mass is 9.76. The normalized spacial score (nSPS) is 39.0. The lowest BCUT2D eigenvalue weighted by molar-refractivity contribution is 0.253. The second-order valence-electron chi connectivity index (χ2n) is 10.4. The van der Waals surface area contributed by atoms with E-state index in [9.17, 15) is 0 Å². The highest BCUT2D eigenvalue weighted by atomic mass is 15.2. The SMILES string of the molecule is C=C1C2C3C=C(C4CCCCC4)CC(C3)C2CN1CC1CCCCCC1. The van der Waals surface area contributed by atoms with Crippen LogP contribution in [0.5, 0.6) is 0 Å². The first kappa shape index (κ1) is 17.4. The van der Waals surface area contributed by atoms with Crippen LogP contribution in [0.3, 0.4) is 0 Å². The molecule has 0 aromatic rings. The van der Waals surface area contributed by atoms with Crippen LogP contribution in [0, 0.1) is 35.5 Å². The minimum absolute atomic E-state index is 0.798. The van der Waals surface area contributed by atoms with Gasteiger partial charge in [0.1, 0.15) is 0 Å². The number of hydrogen-bond donors (Lipinski definition) is 0. The number of allylic oxidation sites excluding steroid dienone is 3. The minimum Gasteiger partial charge on any atom is -0.374 e. The van der Waals surface area contributed by atoms with Crippen molar-refractivity contribution in [1.82, 2.24) is 4.90 Å². The van der Waals surface area contributed by atoms with E-state index in [1.807, 2.05) is 5.57 Å². The molecule has 0 aromatic heterocycles. The van der Waals surface area contributed by atoms with Gasteiger partial charge in [-0.3, -0.25) is 0 Å². The number of fused-ring (bicyclic) bond motifs is 5. The topological polar surface area (TPSA) is 3.24 Å². The van der Waals surface area contributed by atoms with Gasteiger partial charge in [0, 0.05) is 24.7 Å². The van der Waals surface area contributed by atoms with Crippen LogP contribution in [0.4, 0.5) is 0 Å². The number of hydrogen-bond acceptors (Lipinski definition) is 1. The number of rotatable bonds is 3. The van der Waals surface area contributed by atoms with Gasteiger partial charge in [-0.2, -0.15) is 0 Å². The zero-order valence-corrected chi connectivity index (χ0v) is 16.8. The van der Waals surface area contributed by atoms with E-state index in [0.717, 1.165) is 35.5 Å². The van der Waals surface area contributed by atoms with Crippen LogP contribution in [0.25, 0.3) is 0 Å². The van der Waals surface area contributed by atoms with E-state index < -0.39 is 0 Å². The van der Waals surface area contributed by atoms with Gasteiger partial charge in [0.25, 0.3) is 0 Å². The molecule has 1 heterocycles. The van der Waals surface area contributed by atoms with Crippen molar-refractivity contribution in [3.05, 3.63) is 23.9 Å². The summed E-state index contributed by atoms with van der Waals surface area (Å²) in [5, 5.41) is 0. The van der Waals surface area contributed by atoms with E-state index in [4.69, 9.17) is 0 Å². The fourth-order valence-corrected chi connectivity index (χ4v) is 7.50. The maximum atomic E-state index is 4.66. The van der Waals surface area contributed by atoms with Crippen LogP contribution in [-0.4, -0.2) is 18.0 Å². The molecule has 3 saturated carbocycles. The highest BCUT2D eigenvalue weighted by molar-refractivity contribution is 5.26. The van der Waals surface area contributed by atoms with Crippen LogP contribution in [0.1, 0.15) is 83.5 Å². The summed E-state index contributed by atoms with van der Waals surface area (Å²) < 4.78 is 0. The quantitative estimate of drug-likeness (QED) is 0.410. The third-order valence-corrected chi connectivity index (χ3v) is 8.83. The van der Waals surface area contributed by atoms with Gasteiger partial charge >= 0.3 is 0 Å². The molecule has 0 amide bonds. The second kappa shape index (κ2) is 7.36. The Morgan fingerprint density at radius 2 is 1.62 bits per heavy atom. The summed E-state index contributed by atoms with van der Waals surface area (Å²) in [7, 11) is 0. The first-order valence-corrected chi connectivity index (χ1v) is 11.9. The summed E-state index contributed by atoms with van der Waals surface area (Å²) in [6.07, 6.45) is 21.9. The molecule has 1 aliphatic heterocycles. The Bertz CT molecular complexity index is 547. The predicted octanol–water partition coefficient (Wildman–Crippen LogP) is 6.57. The van der Waals surface area contributed by atoms with E-state index in [2.05, 4.69) is 17.6 Å². The molecule has 26 heavy (non-hydrogen) atoms. The van der Waals surface area contributed by atoms with Gasteiger partial charge in [-0.15, -0.1) is 0 Å². The van der Waals surface area contributed by atoms with Gasteiger partial charge in [-0.1, -0.05) is 63.2 Å². The van der Waals surface area contributed by atoms with Gasteiger partial charge in [0.15, 0.2) is 0 Å². The number of nitrogens with zero attached hydrogens (tertiary/aromatic N) is 1. The van der Waals surface area contributed by atoms with Crippen molar-refractivity contribution in [3.8, 4) is 0 Å². The van der Waals surface area contributed by atoms with E-state index >= 15 is 0 Å². The summed E-state index contributed by atoms with van der Waals surface area (Å²) in [5.74, 6) is 5.43. The van der Waals surface area contributed by atoms with Gasteiger partial charge < -0.3 is 4.90 Å². The van der Waals surface area contributed by atoms with Gasteiger partial charge in [0.2, 0.25) is 0 Å². The maximum Gasteiger partial charge on any atom is 0.0212 e. The lowest BCUT2D eigenvalue weighted by Crippen LogP contribution is -2.29. The summed E-state index contributed by atoms with van der Waals surface area (Å²) >= 11 is 0. The summed E-state index contributed by atoms with van der Waals surface area (Å²) in [4.78, 5) is 2.75. The van der Waals surface area contributed by atoms with Gasteiger partial charge in [-0.25, -0.2) is 0 Å². The summed E-state index contributed by atoms with van der Waals surface area (Å²) in [6, 6.07) is 0. The van der Waals surface area contributed by atoms with Crippen molar-refractivity contribution in [2.45, 2.75) is 83.5 Å². The molecule has 1 nitrogen and oxygen atoms in total. The molecule has 4 fully saturated rings.